The van der Waals surface area contributed by atoms with E-state index in [0.717, 1.165) is 102 Å². The van der Waals surface area contributed by atoms with Crippen LogP contribution in [0, 0.1) is 11.8 Å². The van der Waals surface area contributed by atoms with E-state index in [0.29, 0.717) is 25.7 Å². The minimum Gasteiger partial charge on any atom is -0.462 e. The largest absolute Gasteiger partial charge is 0.472 e. The zero-order chi connectivity index (χ0) is 70.7. The van der Waals surface area contributed by atoms with Gasteiger partial charge in [-0.15, -0.1) is 0 Å². The van der Waals surface area contributed by atoms with Gasteiger partial charge in [0, 0.05) is 25.7 Å². The van der Waals surface area contributed by atoms with Crippen LogP contribution in [-0.4, -0.2) is 96.7 Å². The molecule has 0 saturated carbocycles. The first-order valence-corrected chi connectivity index (χ1v) is 43.0. The molecule has 0 bridgehead atoms. The van der Waals surface area contributed by atoms with Crippen LogP contribution in [0.5, 0.6) is 0 Å². The fourth-order valence-corrected chi connectivity index (χ4v) is 13.4. The molecule has 6 atom stereocenters. The van der Waals surface area contributed by atoms with Gasteiger partial charge in [-0.05, 0) is 37.5 Å². The third kappa shape index (κ3) is 69.2. The van der Waals surface area contributed by atoms with Gasteiger partial charge in [0.05, 0.1) is 26.4 Å². The third-order valence-electron chi connectivity index (χ3n) is 18.3. The molecule has 0 aliphatic rings. The molecule has 0 spiro atoms. The Morgan fingerprint density at radius 3 is 0.792 bits per heavy atom. The molecule has 96 heavy (non-hydrogen) atoms. The van der Waals surface area contributed by atoms with Gasteiger partial charge in [-0.1, -0.05) is 350 Å². The monoisotopic (exact) mass is 1410 g/mol. The second-order valence-corrected chi connectivity index (χ2v) is 31.4. The Bertz CT molecular complexity index is 1860. The van der Waals surface area contributed by atoms with Gasteiger partial charge >= 0.3 is 39.5 Å². The molecule has 19 heteroatoms. The van der Waals surface area contributed by atoms with Crippen LogP contribution in [0.3, 0.4) is 0 Å². The summed E-state index contributed by atoms with van der Waals surface area (Å²) >= 11 is 0. The molecular formula is C77H150O17P2. The van der Waals surface area contributed by atoms with Crippen LogP contribution in [0.2, 0.25) is 0 Å². The topological polar surface area (TPSA) is 237 Å². The minimum atomic E-state index is -4.96. The number of aliphatic hydroxyl groups excluding tert-OH is 1. The standard InChI is InChI=1S/C77H150O17P2/c1-7-10-12-14-16-18-19-20-21-22-23-24-25-26-27-28-31-36-43-49-55-61-76(81)93-72(66-88-75(80)60-54-48-42-35-32-29-30-34-39-45-51-57-69(4)5)67-91-95(83,84)89-63-71(78)64-90-96(85,86)92-68-73(65-87-74(79)59-53-47-41-33-17-15-13-11-8-2)94-77(82)62-56-50-44-38-37-40-46-52-58-70(6)9-3/h69-73,78H,7-68H2,1-6H3,(H,83,84)(H,85,86)/t70?,71-,72-,73-/m1/s1. The highest BCUT2D eigenvalue weighted by Gasteiger charge is 2.30. The van der Waals surface area contributed by atoms with Crippen molar-refractivity contribution >= 4 is 39.5 Å². The van der Waals surface area contributed by atoms with E-state index < -0.39 is 97.5 Å². The van der Waals surface area contributed by atoms with Crippen LogP contribution in [-0.2, 0) is 65.4 Å². The van der Waals surface area contributed by atoms with Crippen molar-refractivity contribution in [3.8, 4) is 0 Å². The van der Waals surface area contributed by atoms with E-state index in [2.05, 4.69) is 41.5 Å². The van der Waals surface area contributed by atoms with Crippen LogP contribution >= 0.6 is 15.6 Å². The Balaban J connectivity index is 5.20. The number of carbonyl (C=O) groups excluding carboxylic acids is 4. The van der Waals surface area contributed by atoms with Crippen molar-refractivity contribution in [3.63, 3.8) is 0 Å². The number of esters is 4. The first kappa shape index (κ1) is 94.1. The molecule has 0 rings (SSSR count). The second-order valence-electron chi connectivity index (χ2n) is 28.5. The molecule has 0 fully saturated rings. The number of hydrogen-bond acceptors (Lipinski definition) is 15. The van der Waals surface area contributed by atoms with E-state index in [1.807, 2.05) is 0 Å². The summed E-state index contributed by atoms with van der Waals surface area (Å²) in [7, 11) is -9.91. The highest BCUT2D eigenvalue weighted by Crippen LogP contribution is 2.45. The molecule has 17 nitrogen and oxygen atoms in total. The van der Waals surface area contributed by atoms with Gasteiger partial charge in [0.1, 0.15) is 19.3 Å². The Morgan fingerprint density at radius 2 is 0.531 bits per heavy atom. The Hall–Kier alpha value is -1.94. The average molecular weight is 1410 g/mol. The lowest BCUT2D eigenvalue weighted by molar-refractivity contribution is -0.161. The maximum absolute atomic E-state index is 13.1. The molecule has 0 saturated heterocycles. The fraction of sp³-hybridized carbons (Fsp3) is 0.948. The van der Waals surface area contributed by atoms with Crippen molar-refractivity contribution in [1.82, 2.24) is 0 Å². The number of rotatable bonds is 76. The van der Waals surface area contributed by atoms with Gasteiger partial charge in [-0.3, -0.25) is 37.3 Å². The zero-order valence-corrected chi connectivity index (χ0v) is 64.5. The summed E-state index contributed by atoms with van der Waals surface area (Å²) in [6.45, 7) is 9.58. The second kappa shape index (κ2) is 68.8. The number of phosphoric acid groups is 2. The maximum atomic E-state index is 13.1. The van der Waals surface area contributed by atoms with E-state index in [4.69, 9.17) is 37.0 Å². The van der Waals surface area contributed by atoms with Gasteiger partial charge in [-0.2, -0.15) is 0 Å². The molecule has 570 valence electrons. The number of phosphoric ester groups is 2. The van der Waals surface area contributed by atoms with Crippen LogP contribution in [0.15, 0.2) is 0 Å². The highest BCUT2D eigenvalue weighted by atomic mass is 31.2. The summed E-state index contributed by atoms with van der Waals surface area (Å²) in [6, 6.07) is 0. The predicted molar refractivity (Wildman–Crippen MR) is 391 cm³/mol. The molecule has 0 aromatic heterocycles. The molecule has 0 aliphatic heterocycles. The van der Waals surface area contributed by atoms with Crippen molar-refractivity contribution in [2.45, 2.75) is 419 Å². The van der Waals surface area contributed by atoms with Crippen molar-refractivity contribution in [3.05, 3.63) is 0 Å². The summed E-state index contributed by atoms with van der Waals surface area (Å²) in [6.07, 6.45) is 57.0. The van der Waals surface area contributed by atoms with E-state index in [1.54, 1.807) is 0 Å². The summed E-state index contributed by atoms with van der Waals surface area (Å²) in [4.78, 5) is 72.8. The van der Waals surface area contributed by atoms with Gasteiger partial charge in [0.25, 0.3) is 0 Å². The van der Waals surface area contributed by atoms with Crippen LogP contribution in [0.4, 0.5) is 0 Å². The quantitative estimate of drug-likeness (QED) is 0.0222. The molecule has 0 heterocycles. The van der Waals surface area contributed by atoms with E-state index in [-0.39, 0.29) is 25.7 Å². The summed E-state index contributed by atoms with van der Waals surface area (Å²) < 4.78 is 68.5. The highest BCUT2D eigenvalue weighted by molar-refractivity contribution is 7.47. The van der Waals surface area contributed by atoms with Crippen molar-refractivity contribution < 1.29 is 80.2 Å². The van der Waals surface area contributed by atoms with Crippen LogP contribution < -0.4 is 0 Å². The summed E-state index contributed by atoms with van der Waals surface area (Å²) in [5, 5.41) is 10.6. The van der Waals surface area contributed by atoms with Crippen molar-refractivity contribution in [1.29, 1.82) is 0 Å². The van der Waals surface area contributed by atoms with Crippen LogP contribution in [0.25, 0.3) is 0 Å². The van der Waals surface area contributed by atoms with E-state index in [1.165, 1.54) is 218 Å². The van der Waals surface area contributed by atoms with Gasteiger partial charge < -0.3 is 33.8 Å². The first-order chi connectivity index (χ1) is 46.4. The number of ether oxygens (including phenoxy) is 4. The zero-order valence-electron chi connectivity index (χ0n) is 62.7. The molecule has 0 aromatic rings. The maximum Gasteiger partial charge on any atom is 0.472 e. The SMILES string of the molecule is CCCCCCCCCCCCCCCCCCCCCCCC(=O)O[C@H](COC(=O)CCCCCCCCCCCCCC(C)C)COP(=O)(O)OC[C@@H](O)COP(=O)(O)OC[C@@H](COC(=O)CCCCCCCCCCC)OC(=O)CCCCCCCCCCC(C)CC. The lowest BCUT2D eigenvalue weighted by Gasteiger charge is -2.21. The molecule has 0 amide bonds. The molecular weight excluding hydrogens is 1260 g/mol. The lowest BCUT2D eigenvalue weighted by atomic mass is 9.99. The number of aliphatic hydroxyl groups is 1. The summed E-state index contributed by atoms with van der Waals surface area (Å²) in [5.74, 6) is -0.577. The van der Waals surface area contributed by atoms with Crippen molar-refractivity contribution in [2.24, 2.45) is 11.8 Å². The van der Waals surface area contributed by atoms with Crippen LogP contribution in [0.1, 0.15) is 401 Å². The van der Waals surface area contributed by atoms with Gasteiger partial charge in [0.2, 0.25) is 0 Å². The van der Waals surface area contributed by atoms with Gasteiger partial charge in [0.15, 0.2) is 12.2 Å². The Labute approximate surface area is 588 Å². The van der Waals surface area contributed by atoms with E-state index in [9.17, 15) is 43.2 Å². The molecule has 0 radical (unpaired) electrons. The lowest BCUT2D eigenvalue weighted by Crippen LogP contribution is -2.30. The molecule has 0 aliphatic carbocycles. The Morgan fingerprint density at radius 1 is 0.302 bits per heavy atom. The Kier molecular flexibility index (Phi) is 67.4. The predicted octanol–water partition coefficient (Wildman–Crippen LogP) is 22.7. The molecule has 3 N–H and O–H groups in total. The smallest absolute Gasteiger partial charge is 0.462 e. The molecule has 0 aromatic carbocycles. The third-order valence-corrected chi connectivity index (χ3v) is 20.2. The number of unbranched alkanes of at least 4 members (excludes halogenated alkanes) is 45. The fourth-order valence-electron chi connectivity index (χ4n) is 11.8. The van der Waals surface area contributed by atoms with Crippen molar-refractivity contribution in [2.75, 3.05) is 39.6 Å². The summed E-state index contributed by atoms with van der Waals surface area (Å²) in [5.41, 5.74) is 0. The number of carbonyl (C=O) groups is 4. The minimum absolute atomic E-state index is 0.105. The average Bonchev–Trinajstić information content (AvgIpc) is 2.27. The van der Waals surface area contributed by atoms with E-state index >= 15 is 0 Å². The normalized spacial score (nSPS) is 14.3. The molecule has 3 unspecified atom stereocenters. The van der Waals surface area contributed by atoms with Gasteiger partial charge in [-0.25, -0.2) is 9.13 Å². The first-order valence-electron chi connectivity index (χ1n) is 40.0. The number of hydrogen-bond donors (Lipinski definition) is 3.